The van der Waals surface area contributed by atoms with E-state index in [1.54, 1.807) is 0 Å². The van der Waals surface area contributed by atoms with E-state index in [2.05, 4.69) is 5.32 Å². The van der Waals surface area contributed by atoms with Gasteiger partial charge in [-0.2, -0.15) is 13.2 Å². The molecule has 0 bridgehead atoms. The predicted molar refractivity (Wildman–Crippen MR) is 56.8 cm³/mol. The van der Waals surface area contributed by atoms with E-state index < -0.39 is 29.9 Å². The largest absolute Gasteiger partial charge is 0.481 e. The molecule has 104 valence electrons. The van der Waals surface area contributed by atoms with Crippen molar-refractivity contribution in [3.63, 3.8) is 0 Å². The van der Waals surface area contributed by atoms with E-state index in [1.807, 2.05) is 0 Å². The third-order valence-electron chi connectivity index (χ3n) is 3.15. The minimum atomic E-state index is -4.25. The van der Waals surface area contributed by atoms with Gasteiger partial charge in [0, 0.05) is 12.5 Å². The summed E-state index contributed by atoms with van der Waals surface area (Å²) < 4.78 is 37.6. The highest BCUT2D eigenvalue weighted by atomic mass is 19.4. The fraction of sp³-hybridized carbons (Fsp3) is 0.818. The fourth-order valence-corrected chi connectivity index (χ4v) is 2.16. The molecule has 1 amide bonds. The first-order chi connectivity index (χ1) is 8.30. The third-order valence-corrected chi connectivity index (χ3v) is 3.15. The lowest BCUT2D eigenvalue weighted by Gasteiger charge is -2.29. The second-order valence-corrected chi connectivity index (χ2v) is 4.54. The highest BCUT2D eigenvalue weighted by Gasteiger charge is 2.43. The number of alkyl halides is 3. The lowest BCUT2D eigenvalue weighted by Crippen LogP contribution is -2.38. The molecule has 1 aliphatic rings. The zero-order valence-electron chi connectivity index (χ0n) is 9.79. The molecule has 1 saturated carbocycles. The Kier molecular flexibility index (Phi) is 4.98. The van der Waals surface area contributed by atoms with Crippen molar-refractivity contribution in [2.24, 2.45) is 11.8 Å². The van der Waals surface area contributed by atoms with Crippen molar-refractivity contribution in [1.82, 2.24) is 5.32 Å². The molecule has 1 aliphatic carbocycles. The molecule has 2 unspecified atom stereocenters. The highest BCUT2D eigenvalue weighted by Crippen LogP contribution is 2.39. The maximum absolute atomic E-state index is 12.5. The van der Waals surface area contributed by atoms with E-state index in [4.69, 9.17) is 5.11 Å². The topological polar surface area (TPSA) is 66.4 Å². The number of carboxylic acids is 1. The van der Waals surface area contributed by atoms with Crippen molar-refractivity contribution in [3.05, 3.63) is 0 Å². The molecule has 0 aliphatic heterocycles. The molecule has 0 aromatic rings. The quantitative estimate of drug-likeness (QED) is 0.818. The van der Waals surface area contributed by atoms with Crippen LogP contribution in [0, 0.1) is 11.8 Å². The summed E-state index contributed by atoms with van der Waals surface area (Å²) in [6, 6.07) is 0. The Morgan fingerprint density at radius 2 is 1.94 bits per heavy atom. The summed E-state index contributed by atoms with van der Waals surface area (Å²) >= 11 is 0. The molecule has 18 heavy (non-hydrogen) atoms. The number of aliphatic carboxylic acids is 1. The molecule has 1 fully saturated rings. The molecule has 0 aromatic heterocycles. The summed E-state index contributed by atoms with van der Waals surface area (Å²) in [6.07, 6.45) is -3.78. The average molecular weight is 267 g/mol. The molecule has 2 N–H and O–H groups in total. The second kappa shape index (κ2) is 6.06. The van der Waals surface area contributed by atoms with Crippen LogP contribution in [0.15, 0.2) is 0 Å². The van der Waals surface area contributed by atoms with Gasteiger partial charge >= 0.3 is 12.1 Å². The number of rotatable bonds is 4. The Morgan fingerprint density at radius 1 is 1.28 bits per heavy atom. The SMILES string of the molecule is O=C(O)CCNC(=O)C1CCCC(C(F)(F)F)C1. The number of halogens is 3. The van der Waals surface area contributed by atoms with E-state index in [9.17, 15) is 22.8 Å². The highest BCUT2D eigenvalue weighted by molar-refractivity contribution is 5.79. The van der Waals surface area contributed by atoms with Crippen molar-refractivity contribution < 1.29 is 27.9 Å². The van der Waals surface area contributed by atoms with Gasteiger partial charge in [-0.15, -0.1) is 0 Å². The van der Waals surface area contributed by atoms with Crippen molar-refractivity contribution >= 4 is 11.9 Å². The number of hydrogen-bond donors (Lipinski definition) is 2. The van der Waals surface area contributed by atoms with Crippen LogP contribution in [-0.4, -0.2) is 29.7 Å². The molecule has 7 heteroatoms. The van der Waals surface area contributed by atoms with Crippen LogP contribution < -0.4 is 5.32 Å². The summed E-state index contributed by atoms with van der Waals surface area (Å²) in [4.78, 5) is 21.8. The Balaban J connectivity index is 2.41. The molecule has 0 radical (unpaired) electrons. The van der Waals surface area contributed by atoms with Crippen LogP contribution in [0.4, 0.5) is 13.2 Å². The van der Waals surface area contributed by atoms with Gasteiger partial charge in [-0.05, 0) is 19.3 Å². The van der Waals surface area contributed by atoms with Crippen LogP contribution in [0.1, 0.15) is 32.1 Å². The molecular formula is C11H16F3NO3. The van der Waals surface area contributed by atoms with Gasteiger partial charge in [0.1, 0.15) is 0 Å². The Hall–Kier alpha value is -1.27. The number of carbonyl (C=O) groups excluding carboxylic acids is 1. The first-order valence-corrected chi connectivity index (χ1v) is 5.87. The molecule has 1 rings (SSSR count). The lowest BCUT2D eigenvalue weighted by atomic mass is 9.80. The molecular weight excluding hydrogens is 251 g/mol. The van der Waals surface area contributed by atoms with Crippen molar-refractivity contribution in [2.75, 3.05) is 6.54 Å². The van der Waals surface area contributed by atoms with Gasteiger partial charge in [0.2, 0.25) is 5.91 Å². The summed E-state index contributed by atoms with van der Waals surface area (Å²) in [7, 11) is 0. The fourth-order valence-electron chi connectivity index (χ4n) is 2.16. The van der Waals surface area contributed by atoms with Crippen molar-refractivity contribution in [3.8, 4) is 0 Å². The minimum Gasteiger partial charge on any atom is -0.481 e. The molecule has 0 heterocycles. The first-order valence-electron chi connectivity index (χ1n) is 5.87. The molecule has 4 nitrogen and oxygen atoms in total. The van der Waals surface area contributed by atoms with Gasteiger partial charge in [0.15, 0.2) is 0 Å². The van der Waals surface area contributed by atoms with Crippen LogP contribution >= 0.6 is 0 Å². The Bertz CT molecular complexity index is 317. The lowest BCUT2D eigenvalue weighted by molar-refractivity contribution is -0.186. The normalized spacial score (nSPS) is 24.6. The summed E-state index contributed by atoms with van der Waals surface area (Å²) in [5.74, 6) is -3.59. The van der Waals surface area contributed by atoms with E-state index >= 15 is 0 Å². The van der Waals surface area contributed by atoms with E-state index in [0.717, 1.165) is 0 Å². The number of hydrogen-bond acceptors (Lipinski definition) is 2. The number of amides is 1. The van der Waals surface area contributed by atoms with Gasteiger partial charge in [0.05, 0.1) is 12.3 Å². The van der Waals surface area contributed by atoms with E-state index in [-0.39, 0.29) is 25.8 Å². The number of nitrogens with one attached hydrogen (secondary N) is 1. The standard InChI is InChI=1S/C11H16F3NO3/c12-11(13,14)8-3-1-2-7(6-8)10(18)15-5-4-9(16)17/h7-8H,1-6H2,(H,15,18)(H,16,17). The maximum Gasteiger partial charge on any atom is 0.391 e. The molecule has 0 saturated heterocycles. The summed E-state index contributed by atoms with van der Waals surface area (Å²) in [6.45, 7) is -0.0403. The maximum atomic E-state index is 12.5. The monoisotopic (exact) mass is 267 g/mol. The van der Waals surface area contributed by atoms with Gasteiger partial charge in [-0.3, -0.25) is 9.59 Å². The van der Waals surface area contributed by atoms with Crippen LogP contribution in [0.25, 0.3) is 0 Å². The van der Waals surface area contributed by atoms with E-state index in [1.165, 1.54) is 0 Å². The van der Waals surface area contributed by atoms with Crippen LogP contribution in [0.5, 0.6) is 0 Å². The average Bonchev–Trinajstić information content (AvgIpc) is 2.27. The zero-order valence-corrected chi connectivity index (χ0v) is 9.79. The van der Waals surface area contributed by atoms with Gasteiger partial charge < -0.3 is 10.4 Å². The van der Waals surface area contributed by atoms with E-state index in [0.29, 0.717) is 12.8 Å². The molecule has 0 spiro atoms. The number of carboxylic acid groups (broad SMARTS) is 1. The number of carbonyl (C=O) groups is 2. The van der Waals surface area contributed by atoms with Crippen LogP contribution in [0.3, 0.4) is 0 Å². The Labute approximate surface area is 103 Å². The summed E-state index contributed by atoms with van der Waals surface area (Å²) in [5.41, 5.74) is 0. The van der Waals surface area contributed by atoms with Crippen LogP contribution in [-0.2, 0) is 9.59 Å². The molecule has 2 atom stereocenters. The molecule has 0 aromatic carbocycles. The van der Waals surface area contributed by atoms with Gasteiger partial charge in [-0.25, -0.2) is 0 Å². The first kappa shape index (κ1) is 14.8. The van der Waals surface area contributed by atoms with Crippen molar-refractivity contribution in [2.45, 2.75) is 38.3 Å². The zero-order chi connectivity index (χ0) is 13.8. The Morgan fingerprint density at radius 3 is 2.50 bits per heavy atom. The third kappa shape index (κ3) is 4.54. The summed E-state index contributed by atoms with van der Waals surface area (Å²) in [5, 5.41) is 10.8. The van der Waals surface area contributed by atoms with Gasteiger partial charge in [-0.1, -0.05) is 6.42 Å². The van der Waals surface area contributed by atoms with Gasteiger partial charge in [0.25, 0.3) is 0 Å². The minimum absolute atomic E-state index is 0.0403. The predicted octanol–water partition coefficient (Wildman–Crippen LogP) is 1.95. The van der Waals surface area contributed by atoms with Crippen molar-refractivity contribution in [1.29, 1.82) is 0 Å². The van der Waals surface area contributed by atoms with Crippen LogP contribution in [0.2, 0.25) is 0 Å². The second-order valence-electron chi connectivity index (χ2n) is 4.54. The smallest absolute Gasteiger partial charge is 0.391 e.